The van der Waals surface area contributed by atoms with Crippen LogP contribution in [0, 0.1) is 0 Å². The van der Waals surface area contributed by atoms with Crippen molar-refractivity contribution in [3.05, 3.63) is 28.2 Å². The molecule has 1 aromatic carbocycles. The van der Waals surface area contributed by atoms with Crippen LogP contribution in [0.5, 0.6) is 5.75 Å². The van der Waals surface area contributed by atoms with E-state index in [1.54, 1.807) is 0 Å². The van der Waals surface area contributed by atoms with E-state index in [9.17, 15) is 0 Å². The molecule has 0 aliphatic carbocycles. The zero-order valence-electron chi connectivity index (χ0n) is 10.6. The highest BCUT2D eigenvalue weighted by Crippen LogP contribution is 2.27. The lowest BCUT2D eigenvalue weighted by molar-refractivity contribution is 0.0550. The summed E-state index contributed by atoms with van der Waals surface area (Å²) in [7, 11) is 0. The van der Waals surface area contributed by atoms with Crippen LogP contribution >= 0.6 is 15.9 Å². The van der Waals surface area contributed by atoms with Crippen LogP contribution in [-0.4, -0.2) is 19.3 Å². The van der Waals surface area contributed by atoms with Crippen LogP contribution in [0.4, 0.5) is 0 Å². The monoisotopic (exact) mass is 301 g/mol. The van der Waals surface area contributed by atoms with Gasteiger partial charge < -0.3 is 15.2 Å². The summed E-state index contributed by atoms with van der Waals surface area (Å²) in [6.07, 6.45) is 0.233. The second-order valence-electron chi connectivity index (χ2n) is 4.24. The Hall–Kier alpha value is -0.580. The maximum absolute atomic E-state index is 5.90. The Morgan fingerprint density at radius 3 is 2.53 bits per heavy atom. The van der Waals surface area contributed by atoms with Crippen molar-refractivity contribution in [1.29, 1.82) is 0 Å². The smallest absolute Gasteiger partial charge is 0.124 e. The topological polar surface area (TPSA) is 44.5 Å². The van der Waals surface area contributed by atoms with E-state index < -0.39 is 0 Å². The van der Waals surface area contributed by atoms with Crippen LogP contribution in [-0.2, 0) is 4.74 Å². The summed E-state index contributed by atoms with van der Waals surface area (Å²) in [5.41, 5.74) is 6.91. The molecule has 3 nitrogen and oxygen atoms in total. The predicted molar refractivity (Wildman–Crippen MR) is 73.3 cm³/mol. The largest absolute Gasteiger partial charge is 0.491 e. The van der Waals surface area contributed by atoms with Crippen LogP contribution in [0.25, 0.3) is 0 Å². The van der Waals surface area contributed by atoms with Gasteiger partial charge in [-0.15, -0.1) is 0 Å². The van der Waals surface area contributed by atoms with Crippen LogP contribution in [0.2, 0.25) is 0 Å². The molecule has 0 aromatic heterocycles. The molecule has 0 saturated carbocycles. The first-order valence-electron chi connectivity index (χ1n) is 5.80. The van der Waals surface area contributed by atoms with Gasteiger partial charge in [0.25, 0.3) is 0 Å². The van der Waals surface area contributed by atoms with Crippen molar-refractivity contribution in [2.75, 3.05) is 13.2 Å². The van der Waals surface area contributed by atoms with Gasteiger partial charge in [0.1, 0.15) is 12.4 Å². The molecule has 0 bridgehead atoms. The van der Waals surface area contributed by atoms with Crippen LogP contribution in [0.1, 0.15) is 32.4 Å². The van der Waals surface area contributed by atoms with E-state index >= 15 is 0 Å². The van der Waals surface area contributed by atoms with Gasteiger partial charge in [0.05, 0.1) is 12.7 Å². The first-order valence-corrected chi connectivity index (χ1v) is 6.59. The summed E-state index contributed by atoms with van der Waals surface area (Å²) in [6.45, 7) is 7.09. The SMILES string of the molecule is CC(C)OCCOc1ccc(Br)cc1C(C)N. The standard InChI is InChI=1S/C13H20BrNO2/c1-9(2)16-6-7-17-13-5-4-11(14)8-12(13)10(3)15/h4-5,8-10H,6-7,15H2,1-3H3. The Morgan fingerprint density at radius 2 is 1.94 bits per heavy atom. The molecule has 0 radical (unpaired) electrons. The van der Waals surface area contributed by atoms with Gasteiger partial charge >= 0.3 is 0 Å². The highest BCUT2D eigenvalue weighted by atomic mass is 79.9. The molecule has 1 unspecified atom stereocenters. The predicted octanol–water partition coefficient (Wildman–Crippen LogP) is 3.27. The molecule has 1 rings (SSSR count). The molecule has 0 spiro atoms. The molecule has 0 heterocycles. The van der Waals surface area contributed by atoms with Crippen LogP contribution < -0.4 is 10.5 Å². The van der Waals surface area contributed by atoms with Crippen LogP contribution in [0.3, 0.4) is 0 Å². The van der Waals surface area contributed by atoms with Gasteiger partial charge in [0, 0.05) is 16.1 Å². The van der Waals surface area contributed by atoms with Gasteiger partial charge in [0.2, 0.25) is 0 Å². The Kier molecular flexibility index (Phi) is 5.95. The van der Waals surface area contributed by atoms with Crippen molar-refractivity contribution in [2.24, 2.45) is 5.73 Å². The number of benzene rings is 1. The van der Waals surface area contributed by atoms with Gasteiger partial charge in [-0.05, 0) is 39.0 Å². The highest BCUT2D eigenvalue weighted by Gasteiger charge is 2.08. The van der Waals surface area contributed by atoms with Gasteiger partial charge in [0.15, 0.2) is 0 Å². The lowest BCUT2D eigenvalue weighted by Gasteiger charge is -2.15. The van der Waals surface area contributed by atoms with E-state index in [4.69, 9.17) is 15.2 Å². The van der Waals surface area contributed by atoms with Crippen molar-refractivity contribution in [3.8, 4) is 5.75 Å². The highest BCUT2D eigenvalue weighted by molar-refractivity contribution is 9.10. The van der Waals surface area contributed by atoms with Crippen molar-refractivity contribution >= 4 is 15.9 Å². The van der Waals surface area contributed by atoms with E-state index in [2.05, 4.69) is 15.9 Å². The first-order chi connectivity index (χ1) is 8.00. The molecule has 1 aromatic rings. The van der Waals surface area contributed by atoms with E-state index in [0.717, 1.165) is 15.8 Å². The van der Waals surface area contributed by atoms with Gasteiger partial charge in [-0.3, -0.25) is 0 Å². The van der Waals surface area contributed by atoms with E-state index in [-0.39, 0.29) is 12.1 Å². The minimum absolute atomic E-state index is 0.0477. The molecular formula is C13H20BrNO2. The number of nitrogens with two attached hydrogens (primary N) is 1. The zero-order chi connectivity index (χ0) is 12.8. The summed E-state index contributed by atoms with van der Waals surface area (Å²) in [4.78, 5) is 0. The lowest BCUT2D eigenvalue weighted by atomic mass is 10.1. The molecule has 0 aliphatic heterocycles. The molecule has 17 heavy (non-hydrogen) atoms. The van der Waals surface area contributed by atoms with Gasteiger partial charge in [-0.1, -0.05) is 15.9 Å². The average Bonchev–Trinajstić information content (AvgIpc) is 2.25. The Bertz CT molecular complexity index is 353. The summed E-state index contributed by atoms with van der Waals surface area (Å²) in [6, 6.07) is 5.82. The van der Waals surface area contributed by atoms with E-state index in [1.165, 1.54) is 0 Å². The molecule has 1 atom stereocenters. The molecule has 96 valence electrons. The first kappa shape index (κ1) is 14.5. The Labute approximate surface area is 111 Å². The number of hydrogen-bond donors (Lipinski definition) is 1. The van der Waals surface area contributed by atoms with Crippen molar-refractivity contribution in [1.82, 2.24) is 0 Å². The minimum Gasteiger partial charge on any atom is -0.491 e. The second-order valence-corrected chi connectivity index (χ2v) is 5.15. The maximum atomic E-state index is 5.90. The van der Waals surface area contributed by atoms with Gasteiger partial charge in [-0.2, -0.15) is 0 Å². The third kappa shape index (κ3) is 5.06. The van der Waals surface area contributed by atoms with Gasteiger partial charge in [-0.25, -0.2) is 0 Å². The lowest BCUT2D eigenvalue weighted by Crippen LogP contribution is -2.13. The molecule has 4 heteroatoms. The summed E-state index contributed by atoms with van der Waals surface area (Å²) >= 11 is 3.43. The second kappa shape index (κ2) is 6.99. The van der Waals surface area contributed by atoms with Crippen molar-refractivity contribution in [2.45, 2.75) is 32.9 Å². The average molecular weight is 302 g/mol. The fourth-order valence-electron chi connectivity index (χ4n) is 1.44. The van der Waals surface area contributed by atoms with Crippen molar-refractivity contribution in [3.63, 3.8) is 0 Å². The van der Waals surface area contributed by atoms with E-state index in [1.807, 2.05) is 39.0 Å². The summed E-state index contributed by atoms with van der Waals surface area (Å²) in [5, 5.41) is 0. The van der Waals surface area contributed by atoms with Crippen LogP contribution in [0.15, 0.2) is 22.7 Å². The zero-order valence-corrected chi connectivity index (χ0v) is 12.2. The van der Waals surface area contributed by atoms with Crippen molar-refractivity contribution < 1.29 is 9.47 Å². The fraction of sp³-hybridized carbons (Fsp3) is 0.538. The normalized spacial score (nSPS) is 12.8. The fourth-order valence-corrected chi connectivity index (χ4v) is 1.82. The number of ether oxygens (including phenoxy) is 2. The molecular weight excluding hydrogens is 282 g/mol. The number of halogens is 1. The molecule has 0 fully saturated rings. The Morgan fingerprint density at radius 1 is 1.24 bits per heavy atom. The quantitative estimate of drug-likeness (QED) is 0.820. The minimum atomic E-state index is -0.0477. The summed E-state index contributed by atoms with van der Waals surface area (Å²) in [5.74, 6) is 0.829. The molecule has 0 aliphatic rings. The van der Waals surface area contributed by atoms with E-state index in [0.29, 0.717) is 13.2 Å². The third-order valence-corrected chi connectivity index (χ3v) is 2.75. The maximum Gasteiger partial charge on any atom is 0.124 e. The summed E-state index contributed by atoms with van der Waals surface area (Å²) < 4.78 is 12.1. The third-order valence-electron chi connectivity index (χ3n) is 2.25. The molecule has 0 saturated heterocycles. The number of hydrogen-bond acceptors (Lipinski definition) is 3. The Balaban J connectivity index is 2.58. The molecule has 0 amide bonds. The molecule has 2 N–H and O–H groups in total. The number of rotatable bonds is 6.